The van der Waals surface area contributed by atoms with Gasteiger partial charge in [-0.2, -0.15) is 5.10 Å². The number of amides is 1. The van der Waals surface area contributed by atoms with Crippen LogP contribution in [0, 0.1) is 12.7 Å². The van der Waals surface area contributed by atoms with E-state index in [1.54, 1.807) is 13.0 Å². The molecule has 1 amide bonds. The topological polar surface area (TPSA) is 57.8 Å². The Morgan fingerprint density at radius 3 is 2.88 bits per heavy atom. The van der Waals surface area contributed by atoms with Gasteiger partial charge in [-0.3, -0.25) is 9.89 Å². The van der Waals surface area contributed by atoms with E-state index in [4.69, 9.17) is 0 Å². The van der Waals surface area contributed by atoms with E-state index in [0.29, 0.717) is 15.7 Å². The summed E-state index contributed by atoms with van der Waals surface area (Å²) < 4.78 is 14.1. The monoisotopic (exact) mass is 297 g/mol. The highest BCUT2D eigenvalue weighted by Crippen LogP contribution is 2.20. The van der Waals surface area contributed by atoms with E-state index in [1.165, 1.54) is 18.3 Å². The van der Waals surface area contributed by atoms with Gasteiger partial charge in [-0.25, -0.2) is 4.39 Å². The van der Waals surface area contributed by atoms with Crippen molar-refractivity contribution in [1.29, 1.82) is 0 Å². The number of carbonyl (C=O) groups excluding carboxylic acids is 1. The van der Waals surface area contributed by atoms with E-state index in [2.05, 4.69) is 31.4 Å². The molecule has 0 aliphatic heterocycles. The van der Waals surface area contributed by atoms with Crippen LogP contribution in [0.4, 0.5) is 10.1 Å². The number of nitrogens with zero attached hydrogens (tertiary/aromatic N) is 1. The second-order valence-electron chi connectivity index (χ2n) is 3.51. The molecule has 0 fully saturated rings. The summed E-state index contributed by atoms with van der Waals surface area (Å²) in [4.78, 5) is 11.8. The van der Waals surface area contributed by atoms with Crippen molar-refractivity contribution in [2.45, 2.75) is 6.92 Å². The fraction of sp³-hybridized carbons (Fsp3) is 0.0909. The maximum atomic E-state index is 13.5. The molecule has 1 aromatic carbocycles. The Labute approximate surface area is 105 Å². The smallest absolute Gasteiger partial charge is 0.274 e. The lowest BCUT2D eigenvalue weighted by atomic mass is 10.2. The van der Waals surface area contributed by atoms with Crippen LogP contribution in [-0.4, -0.2) is 16.1 Å². The van der Waals surface area contributed by atoms with Crippen LogP contribution in [0.25, 0.3) is 0 Å². The molecule has 0 atom stereocenters. The van der Waals surface area contributed by atoms with E-state index in [0.717, 1.165) is 0 Å². The van der Waals surface area contributed by atoms with Crippen molar-refractivity contribution in [3.63, 3.8) is 0 Å². The van der Waals surface area contributed by atoms with Gasteiger partial charge in [0.05, 0.1) is 11.9 Å². The van der Waals surface area contributed by atoms with Gasteiger partial charge in [0, 0.05) is 4.47 Å². The minimum absolute atomic E-state index is 0.132. The molecular weight excluding hydrogens is 289 g/mol. The molecule has 88 valence electrons. The molecule has 0 aliphatic carbocycles. The van der Waals surface area contributed by atoms with Gasteiger partial charge in [0.2, 0.25) is 0 Å². The van der Waals surface area contributed by atoms with Crippen LogP contribution < -0.4 is 5.32 Å². The number of hydrogen-bond donors (Lipinski definition) is 2. The van der Waals surface area contributed by atoms with Crippen LogP contribution in [0.1, 0.15) is 16.1 Å². The van der Waals surface area contributed by atoms with Crippen LogP contribution in [0.3, 0.4) is 0 Å². The normalized spacial score (nSPS) is 10.3. The molecule has 0 aliphatic rings. The van der Waals surface area contributed by atoms with E-state index in [-0.39, 0.29) is 5.69 Å². The molecule has 0 spiro atoms. The summed E-state index contributed by atoms with van der Waals surface area (Å²) in [5.41, 5.74) is 1.17. The van der Waals surface area contributed by atoms with Crippen molar-refractivity contribution in [2.75, 3.05) is 5.32 Å². The minimum Gasteiger partial charge on any atom is -0.318 e. The zero-order valence-electron chi connectivity index (χ0n) is 8.92. The van der Waals surface area contributed by atoms with Crippen molar-refractivity contribution >= 4 is 27.5 Å². The first-order valence-corrected chi connectivity index (χ1v) is 5.63. The number of aryl methyl sites for hydroxylation is 1. The zero-order valence-corrected chi connectivity index (χ0v) is 10.5. The van der Waals surface area contributed by atoms with Gasteiger partial charge >= 0.3 is 0 Å². The standard InChI is InChI=1S/C11H9BrFN3O/c1-6-5-14-16-10(6)11(17)15-9-3-2-7(12)4-8(9)13/h2-5H,1H3,(H,14,16)(H,15,17). The van der Waals surface area contributed by atoms with Crippen molar-refractivity contribution in [3.05, 3.63) is 45.9 Å². The number of halogens is 2. The van der Waals surface area contributed by atoms with E-state index >= 15 is 0 Å². The summed E-state index contributed by atoms with van der Waals surface area (Å²) in [5.74, 6) is -0.911. The lowest BCUT2D eigenvalue weighted by Crippen LogP contribution is -2.14. The zero-order chi connectivity index (χ0) is 12.4. The summed E-state index contributed by atoms with van der Waals surface area (Å²) >= 11 is 3.14. The molecule has 2 aromatic rings. The Bertz CT molecular complexity index is 568. The first-order chi connectivity index (χ1) is 8.08. The summed E-state index contributed by atoms with van der Waals surface area (Å²) in [6.07, 6.45) is 1.53. The summed E-state index contributed by atoms with van der Waals surface area (Å²) in [6.45, 7) is 1.75. The van der Waals surface area contributed by atoms with E-state index in [9.17, 15) is 9.18 Å². The number of benzene rings is 1. The van der Waals surface area contributed by atoms with Crippen LogP contribution in [0.2, 0.25) is 0 Å². The van der Waals surface area contributed by atoms with Crippen LogP contribution in [0.5, 0.6) is 0 Å². The number of hydrogen-bond acceptors (Lipinski definition) is 2. The highest BCUT2D eigenvalue weighted by molar-refractivity contribution is 9.10. The fourth-order valence-corrected chi connectivity index (χ4v) is 1.69. The maximum Gasteiger partial charge on any atom is 0.274 e. The highest BCUT2D eigenvalue weighted by atomic mass is 79.9. The molecule has 2 N–H and O–H groups in total. The Morgan fingerprint density at radius 2 is 2.29 bits per heavy atom. The average Bonchev–Trinajstić information content (AvgIpc) is 2.68. The molecule has 0 radical (unpaired) electrons. The second-order valence-corrected chi connectivity index (χ2v) is 4.42. The number of aromatic amines is 1. The SMILES string of the molecule is Cc1cn[nH]c1C(=O)Nc1ccc(Br)cc1F. The average molecular weight is 298 g/mol. The Kier molecular flexibility index (Phi) is 3.23. The molecule has 1 heterocycles. The molecule has 0 saturated heterocycles. The molecular formula is C11H9BrFN3O. The third-order valence-corrected chi connectivity index (χ3v) is 2.73. The molecule has 0 unspecified atom stereocenters. The number of aromatic nitrogens is 2. The molecule has 4 nitrogen and oxygen atoms in total. The molecule has 0 bridgehead atoms. The quantitative estimate of drug-likeness (QED) is 0.895. The Balaban J connectivity index is 2.22. The minimum atomic E-state index is -0.495. The third-order valence-electron chi connectivity index (χ3n) is 2.24. The first-order valence-electron chi connectivity index (χ1n) is 4.84. The van der Waals surface area contributed by atoms with Gasteiger partial charge in [0.15, 0.2) is 0 Å². The predicted molar refractivity (Wildman–Crippen MR) is 65.4 cm³/mol. The molecule has 2 rings (SSSR count). The van der Waals surface area contributed by atoms with Crippen molar-refractivity contribution in [3.8, 4) is 0 Å². The number of anilines is 1. The van der Waals surface area contributed by atoms with Crippen molar-refractivity contribution in [2.24, 2.45) is 0 Å². The first kappa shape index (κ1) is 11.8. The van der Waals surface area contributed by atoms with E-state index in [1.807, 2.05) is 0 Å². The van der Waals surface area contributed by atoms with Crippen LogP contribution >= 0.6 is 15.9 Å². The molecule has 17 heavy (non-hydrogen) atoms. The summed E-state index contributed by atoms with van der Waals surface area (Å²) in [6, 6.07) is 4.43. The number of rotatable bonds is 2. The predicted octanol–water partition coefficient (Wildman–Crippen LogP) is 2.87. The molecule has 6 heteroatoms. The van der Waals surface area contributed by atoms with E-state index < -0.39 is 11.7 Å². The Hall–Kier alpha value is -1.69. The van der Waals surface area contributed by atoms with Crippen molar-refractivity contribution < 1.29 is 9.18 Å². The largest absolute Gasteiger partial charge is 0.318 e. The van der Waals surface area contributed by atoms with Crippen molar-refractivity contribution in [1.82, 2.24) is 10.2 Å². The Morgan fingerprint density at radius 1 is 1.53 bits per heavy atom. The summed E-state index contributed by atoms with van der Waals surface area (Å²) in [7, 11) is 0. The van der Waals surface area contributed by atoms with Gasteiger partial charge in [0.25, 0.3) is 5.91 Å². The van der Waals surface area contributed by atoms with Gasteiger partial charge in [-0.1, -0.05) is 15.9 Å². The third kappa shape index (κ3) is 2.52. The second kappa shape index (κ2) is 4.67. The number of H-pyrrole nitrogens is 1. The summed E-state index contributed by atoms with van der Waals surface area (Å²) in [5, 5.41) is 8.77. The van der Waals surface area contributed by atoms with Gasteiger partial charge in [0.1, 0.15) is 11.5 Å². The number of nitrogens with one attached hydrogen (secondary N) is 2. The fourth-order valence-electron chi connectivity index (χ4n) is 1.35. The number of carbonyl (C=O) groups is 1. The molecule has 0 saturated carbocycles. The lowest BCUT2D eigenvalue weighted by Gasteiger charge is -2.05. The van der Waals surface area contributed by atoms with Crippen LogP contribution in [0.15, 0.2) is 28.9 Å². The van der Waals surface area contributed by atoms with Gasteiger partial charge in [-0.05, 0) is 30.7 Å². The van der Waals surface area contributed by atoms with Gasteiger partial charge in [-0.15, -0.1) is 0 Å². The van der Waals surface area contributed by atoms with Gasteiger partial charge < -0.3 is 5.32 Å². The molecule has 1 aromatic heterocycles. The maximum absolute atomic E-state index is 13.5. The highest BCUT2D eigenvalue weighted by Gasteiger charge is 2.13. The van der Waals surface area contributed by atoms with Crippen LogP contribution in [-0.2, 0) is 0 Å². The lowest BCUT2D eigenvalue weighted by molar-refractivity contribution is 0.102.